The quantitative estimate of drug-likeness (QED) is 0.729. The van der Waals surface area contributed by atoms with Gasteiger partial charge in [0.15, 0.2) is 0 Å². The summed E-state index contributed by atoms with van der Waals surface area (Å²) >= 11 is 9.74. The van der Waals surface area contributed by atoms with Crippen LogP contribution in [0.3, 0.4) is 0 Å². The molecular weight excluding hydrogens is 273 g/mol. The lowest BCUT2D eigenvalue weighted by molar-refractivity contribution is 0.307. The van der Waals surface area contributed by atoms with Gasteiger partial charge in [0.1, 0.15) is 0 Å². The summed E-state index contributed by atoms with van der Waals surface area (Å²) in [5.74, 6) is 0. The van der Waals surface area contributed by atoms with Gasteiger partial charge in [-0.2, -0.15) is 0 Å². The molecule has 1 aromatic rings. The Labute approximate surface area is 105 Å². The van der Waals surface area contributed by atoms with E-state index in [-0.39, 0.29) is 0 Å². The molecular formula is C12H17BrClN. The third kappa shape index (κ3) is 3.18. The normalized spacial score (nSPS) is 11.7. The van der Waals surface area contributed by atoms with Crippen molar-refractivity contribution in [3.63, 3.8) is 0 Å². The van der Waals surface area contributed by atoms with Crippen LogP contribution in [0.25, 0.3) is 0 Å². The molecule has 0 bridgehead atoms. The van der Waals surface area contributed by atoms with Gasteiger partial charge in [0.2, 0.25) is 0 Å². The van der Waals surface area contributed by atoms with E-state index in [9.17, 15) is 0 Å². The molecule has 3 heteroatoms. The molecule has 0 saturated carbocycles. The maximum absolute atomic E-state index is 6.12. The van der Waals surface area contributed by atoms with Gasteiger partial charge in [0.05, 0.1) is 5.02 Å². The highest BCUT2D eigenvalue weighted by Crippen LogP contribution is 2.34. The Kier molecular flexibility index (Phi) is 5.07. The molecule has 0 aliphatic rings. The standard InChI is InChI=1S/C12H17BrClN/c1-3-12(4-2,9-13)7-10-5-6-15-8-11(10)14/h5-6,8H,3-4,7,9H2,1-2H3. The summed E-state index contributed by atoms with van der Waals surface area (Å²) < 4.78 is 0. The van der Waals surface area contributed by atoms with Crippen LogP contribution in [0, 0.1) is 5.41 Å². The molecule has 0 aromatic carbocycles. The Hall–Kier alpha value is -0.0800. The van der Waals surface area contributed by atoms with Crippen molar-refractivity contribution < 1.29 is 0 Å². The van der Waals surface area contributed by atoms with Gasteiger partial charge in [0.25, 0.3) is 0 Å². The van der Waals surface area contributed by atoms with Crippen LogP contribution in [0.5, 0.6) is 0 Å². The first kappa shape index (κ1) is 13.0. The number of halogens is 2. The summed E-state index contributed by atoms with van der Waals surface area (Å²) in [7, 11) is 0. The topological polar surface area (TPSA) is 12.9 Å². The fourth-order valence-corrected chi connectivity index (χ4v) is 2.86. The van der Waals surface area contributed by atoms with Crippen LogP contribution in [0.15, 0.2) is 18.5 Å². The highest BCUT2D eigenvalue weighted by Gasteiger charge is 2.25. The van der Waals surface area contributed by atoms with Crippen molar-refractivity contribution in [3.05, 3.63) is 29.0 Å². The van der Waals surface area contributed by atoms with Crippen molar-refractivity contribution in [1.29, 1.82) is 0 Å². The minimum absolute atomic E-state index is 0.324. The largest absolute Gasteiger partial charge is 0.263 e. The summed E-state index contributed by atoms with van der Waals surface area (Å²) in [6.45, 7) is 4.47. The van der Waals surface area contributed by atoms with Gasteiger partial charge in [-0.05, 0) is 36.3 Å². The molecule has 84 valence electrons. The van der Waals surface area contributed by atoms with Crippen molar-refractivity contribution in [3.8, 4) is 0 Å². The van der Waals surface area contributed by atoms with Crippen LogP contribution in [0.2, 0.25) is 5.02 Å². The number of alkyl halides is 1. The third-order valence-corrected chi connectivity index (χ3v) is 4.74. The van der Waals surface area contributed by atoms with Crippen molar-refractivity contribution in [2.75, 3.05) is 5.33 Å². The molecule has 0 unspecified atom stereocenters. The number of hydrogen-bond acceptors (Lipinski definition) is 1. The Morgan fingerprint density at radius 3 is 2.53 bits per heavy atom. The first-order chi connectivity index (χ1) is 7.17. The zero-order chi connectivity index (χ0) is 11.3. The summed E-state index contributed by atoms with van der Waals surface area (Å²) in [5.41, 5.74) is 1.53. The van der Waals surface area contributed by atoms with E-state index in [1.54, 1.807) is 6.20 Å². The predicted octanol–water partition coefficient (Wildman–Crippen LogP) is 4.48. The summed E-state index contributed by atoms with van der Waals surface area (Å²) in [5, 5.41) is 1.80. The minimum Gasteiger partial charge on any atom is -0.263 e. The van der Waals surface area contributed by atoms with Gasteiger partial charge in [0, 0.05) is 17.7 Å². The number of hydrogen-bond donors (Lipinski definition) is 0. The number of pyridine rings is 1. The fourth-order valence-electron chi connectivity index (χ4n) is 1.69. The molecule has 0 radical (unpaired) electrons. The summed E-state index contributed by atoms with van der Waals surface area (Å²) in [6, 6.07) is 2.02. The molecule has 0 fully saturated rings. The Bertz CT molecular complexity index is 302. The highest BCUT2D eigenvalue weighted by molar-refractivity contribution is 9.09. The van der Waals surface area contributed by atoms with Gasteiger partial charge < -0.3 is 0 Å². The molecule has 1 rings (SSSR count). The Balaban J connectivity index is 2.88. The van der Waals surface area contributed by atoms with Crippen LogP contribution < -0.4 is 0 Å². The molecule has 0 spiro atoms. The SMILES string of the molecule is CCC(CC)(CBr)Cc1ccncc1Cl. The lowest BCUT2D eigenvalue weighted by Crippen LogP contribution is -2.24. The van der Waals surface area contributed by atoms with E-state index < -0.39 is 0 Å². The predicted molar refractivity (Wildman–Crippen MR) is 69.8 cm³/mol. The van der Waals surface area contributed by atoms with Gasteiger partial charge in [-0.25, -0.2) is 0 Å². The second-order valence-electron chi connectivity index (χ2n) is 3.98. The first-order valence-electron chi connectivity index (χ1n) is 5.32. The first-order valence-corrected chi connectivity index (χ1v) is 6.81. The van der Waals surface area contributed by atoms with Gasteiger partial charge in [-0.15, -0.1) is 0 Å². The van der Waals surface area contributed by atoms with E-state index >= 15 is 0 Å². The molecule has 0 saturated heterocycles. The van der Waals surface area contributed by atoms with Gasteiger partial charge >= 0.3 is 0 Å². The molecule has 15 heavy (non-hydrogen) atoms. The molecule has 0 amide bonds. The molecule has 0 aliphatic carbocycles. The maximum Gasteiger partial charge on any atom is 0.0621 e. The van der Waals surface area contributed by atoms with Crippen LogP contribution in [-0.2, 0) is 6.42 Å². The average Bonchev–Trinajstić information content (AvgIpc) is 2.29. The second kappa shape index (κ2) is 5.86. The number of rotatable bonds is 5. The summed E-state index contributed by atoms with van der Waals surface area (Å²) in [4.78, 5) is 4.01. The van der Waals surface area contributed by atoms with E-state index in [2.05, 4.69) is 34.8 Å². The molecule has 0 N–H and O–H groups in total. The monoisotopic (exact) mass is 289 g/mol. The van der Waals surface area contributed by atoms with Crippen molar-refractivity contribution >= 4 is 27.5 Å². The van der Waals surface area contributed by atoms with Crippen LogP contribution in [0.1, 0.15) is 32.3 Å². The van der Waals surface area contributed by atoms with E-state index in [4.69, 9.17) is 11.6 Å². The van der Waals surface area contributed by atoms with Crippen LogP contribution in [-0.4, -0.2) is 10.3 Å². The van der Waals surface area contributed by atoms with Crippen molar-refractivity contribution in [1.82, 2.24) is 4.98 Å². The Morgan fingerprint density at radius 2 is 2.07 bits per heavy atom. The maximum atomic E-state index is 6.12. The van der Waals surface area contributed by atoms with E-state index in [1.807, 2.05) is 12.3 Å². The van der Waals surface area contributed by atoms with Crippen LogP contribution in [0.4, 0.5) is 0 Å². The molecule has 0 aliphatic heterocycles. The average molecular weight is 291 g/mol. The molecule has 1 nitrogen and oxygen atoms in total. The van der Waals surface area contributed by atoms with E-state index in [1.165, 1.54) is 5.56 Å². The minimum atomic E-state index is 0.324. The van der Waals surface area contributed by atoms with Crippen molar-refractivity contribution in [2.24, 2.45) is 5.41 Å². The number of aromatic nitrogens is 1. The van der Waals surface area contributed by atoms with Crippen LogP contribution >= 0.6 is 27.5 Å². The lowest BCUT2D eigenvalue weighted by atomic mass is 9.79. The summed E-state index contributed by atoms with van der Waals surface area (Å²) in [6.07, 6.45) is 6.88. The van der Waals surface area contributed by atoms with Crippen molar-refractivity contribution in [2.45, 2.75) is 33.1 Å². The van der Waals surface area contributed by atoms with E-state index in [0.29, 0.717) is 5.41 Å². The lowest BCUT2D eigenvalue weighted by Gasteiger charge is -2.29. The zero-order valence-electron chi connectivity index (χ0n) is 9.26. The van der Waals surface area contributed by atoms with Gasteiger partial charge in [-0.1, -0.05) is 41.4 Å². The highest BCUT2D eigenvalue weighted by atomic mass is 79.9. The van der Waals surface area contributed by atoms with Gasteiger partial charge in [-0.3, -0.25) is 4.98 Å². The molecule has 0 atom stereocenters. The fraction of sp³-hybridized carbons (Fsp3) is 0.583. The Morgan fingerprint density at radius 1 is 1.40 bits per heavy atom. The molecule has 1 heterocycles. The smallest absolute Gasteiger partial charge is 0.0621 e. The third-order valence-electron chi connectivity index (χ3n) is 3.21. The van der Waals surface area contributed by atoms with E-state index in [0.717, 1.165) is 29.6 Å². The zero-order valence-corrected chi connectivity index (χ0v) is 11.6. The second-order valence-corrected chi connectivity index (χ2v) is 4.95. The number of nitrogens with zero attached hydrogens (tertiary/aromatic N) is 1. The molecule has 1 aromatic heterocycles.